The van der Waals surface area contributed by atoms with Crippen molar-refractivity contribution in [2.75, 3.05) is 11.4 Å². The van der Waals surface area contributed by atoms with E-state index >= 15 is 0 Å². The maximum Gasteiger partial charge on any atom is 0.254 e. The van der Waals surface area contributed by atoms with Crippen molar-refractivity contribution in [3.8, 4) is 0 Å². The molecule has 1 aliphatic carbocycles. The van der Waals surface area contributed by atoms with Crippen molar-refractivity contribution in [1.29, 1.82) is 0 Å². The van der Waals surface area contributed by atoms with Crippen LogP contribution in [-0.4, -0.2) is 17.8 Å². The molecule has 2 heterocycles. The lowest BCUT2D eigenvalue weighted by Gasteiger charge is -2.57. The van der Waals surface area contributed by atoms with Crippen LogP contribution in [-0.2, 0) is 0 Å². The number of rotatable bonds is 2. The zero-order chi connectivity index (χ0) is 12.9. The van der Waals surface area contributed by atoms with Crippen LogP contribution >= 0.6 is 34.2 Å². The minimum Gasteiger partial charge on any atom is -0.368 e. The van der Waals surface area contributed by atoms with E-state index in [1.165, 1.54) is 19.3 Å². The van der Waals surface area contributed by atoms with Gasteiger partial charge >= 0.3 is 0 Å². The van der Waals surface area contributed by atoms with Crippen LogP contribution in [0.3, 0.4) is 0 Å². The van der Waals surface area contributed by atoms with E-state index in [1.54, 1.807) is 0 Å². The Morgan fingerprint density at radius 2 is 2.22 bits per heavy atom. The van der Waals surface area contributed by atoms with Gasteiger partial charge in [-0.25, -0.2) is 0 Å². The predicted molar refractivity (Wildman–Crippen MR) is 82.4 cm³/mol. The van der Waals surface area contributed by atoms with Crippen LogP contribution in [0.4, 0.5) is 5.69 Å². The molecule has 1 saturated carbocycles. The number of anilines is 1. The molecule has 0 amide bonds. The fraction of sp³-hybridized carbons (Fsp3) is 0.500. The van der Waals surface area contributed by atoms with Crippen molar-refractivity contribution in [2.24, 2.45) is 5.41 Å². The number of nitrogens with zero attached hydrogens (tertiary/aromatic N) is 1. The fourth-order valence-electron chi connectivity index (χ4n) is 3.30. The van der Waals surface area contributed by atoms with E-state index in [0.717, 1.165) is 15.8 Å². The molecule has 3 fully saturated rings. The summed E-state index contributed by atoms with van der Waals surface area (Å²) in [4.78, 5) is 13.9. The van der Waals surface area contributed by atoms with Gasteiger partial charge in [0.2, 0.25) is 0 Å². The van der Waals surface area contributed by atoms with Crippen LogP contribution in [0.15, 0.2) is 18.2 Å². The summed E-state index contributed by atoms with van der Waals surface area (Å²) in [5.41, 5.74) is 2.22. The molecule has 0 aromatic heterocycles. The molecule has 2 bridgehead atoms. The number of piperidine rings is 2. The first-order valence-corrected chi connectivity index (χ1v) is 7.70. The molecule has 3 aliphatic rings. The Morgan fingerprint density at radius 3 is 2.78 bits per heavy atom. The molecule has 0 unspecified atom stereocenters. The minimum atomic E-state index is -0.353. The Hall–Kier alpha value is -0.290. The average Bonchev–Trinajstić information content (AvgIpc) is 2.27. The van der Waals surface area contributed by atoms with Gasteiger partial charge in [-0.05, 0) is 77.1 Å². The summed E-state index contributed by atoms with van der Waals surface area (Å²) in [6.45, 7) is 3.40. The number of benzene rings is 1. The summed E-state index contributed by atoms with van der Waals surface area (Å²) in [5.74, 6) is 0. The maximum absolute atomic E-state index is 11.5. The van der Waals surface area contributed by atoms with Crippen molar-refractivity contribution >= 4 is 45.1 Å². The van der Waals surface area contributed by atoms with Gasteiger partial charge in [-0.1, -0.05) is 6.92 Å². The van der Waals surface area contributed by atoms with Gasteiger partial charge < -0.3 is 4.90 Å². The quantitative estimate of drug-likeness (QED) is 0.574. The Bertz CT molecular complexity index is 505. The second-order valence-corrected chi connectivity index (χ2v) is 7.34. The highest BCUT2D eigenvalue weighted by Gasteiger charge is 2.47. The van der Waals surface area contributed by atoms with E-state index in [4.69, 9.17) is 11.6 Å². The molecule has 2 saturated heterocycles. The topological polar surface area (TPSA) is 20.3 Å². The molecular formula is C14H15ClINO. The molecule has 0 spiro atoms. The van der Waals surface area contributed by atoms with Crippen molar-refractivity contribution in [1.82, 2.24) is 0 Å². The first-order chi connectivity index (χ1) is 8.48. The highest BCUT2D eigenvalue weighted by Crippen LogP contribution is 2.51. The predicted octanol–water partition coefficient (Wildman–Crippen LogP) is 4.05. The third-order valence-corrected chi connectivity index (χ3v) is 5.21. The highest BCUT2D eigenvalue weighted by molar-refractivity contribution is 14.1. The van der Waals surface area contributed by atoms with Gasteiger partial charge in [0.05, 0.1) is 11.3 Å². The largest absolute Gasteiger partial charge is 0.368 e. The lowest BCUT2D eigenvalue weighted by Crippen LogP contribution is -2.57. The van der Waals surface area contributed by atoms with Crippen molar-refractivity contribution < 1.29 is 4.79 Å². The number of carbonyl (C=O) groups is 1. The standard InChI is InChI=1S/C14H15ClINO/c1-14-4-5-17(10(7-14)8-14)12-6-9(16)2-3-11(12)13(15)18/h2-3,6,10H,4-5,7-8H2,1H3. The lowest BCUT2D eigenvalue weighted by atomic mass is 9.61. The summed E-state index contributed by atoms with van der Waals surface area (Å²) >= 11 is 7.98. The smallest absolute Gasteiger partial charge is 0.254 e. The Kier molecular flexibility index (Phi) is 3.09. The van der Waals surface area contributed by atoms with Crippen molar-refractivity contribution in [2.45, 2.75) is 32.2 Å². The summed E-state index contributed by atoms with van der Waals surface area (Å²) in [7, 11) is 0. The lowest BCUT2D eigenvalue weighted by molar-refractivity contribution is 0.0750. The van der Waals surface area contributed by atoms with Crippen LogP contribution in [0.25, 0.3) is 0 Å². The number of fused-ring (bicyclic) bond motifs is 2. The molecule has 4 heteroatoms. The highest BCUT2D eigenvalue weighted by atomic mass is 127. The van der Waals surface area contributed by atoms with Gasteiger partial charge in [0.15, 0.2) is 0 Å². The SMILES string of the molecule is CC12CCN(c3cc(I)ccc3C(=O)Cl)C(C1)C2. The Balaban J connectivity index is 1.96. The third-order valence-electron chi connectivity index (χ3n) is 4.33. The van der Waals surface area contributed by atoms with Crippen molar-refractivity contribution in [3.63, 3.8) is 0 Å². The molecule has 0 radical (unpaired) electrons. The van der Waals surface area contributed by atoms with E-state index in [1.807, 2.05) is 12.1 Å². The van der Waals surface area contributed by atoms with Gasteiger partial charge in [-0.15, -0.1) is 0 Å². The van der Waals surface area contributed by atoms with Crippen molar-refractivity contribution in [3.05, 3.63) is 27.3 Å². The van der Waals surface area contributed by atoms with Gasteiger partial charge in [0, 0.05) is 16.2 Å². The normalized spacial score (nSPS) is 29.9. The number of halogens is 2. The zero-order valence-corrected chi connectivity index (χ0v) is 13.2. The van der Waals surface area contributed by atoms with Gasteiger partial charge in [-0.3, -0.25) is 4.79 Å². The zero-order valence-electron chi connectivity index (χ0n) is 10.2. The Labute approximate surface area is 126 Å². The average molecular weight is 376 g/mol. The van der Waals surface area contributed by atoms with Crippen LogP contribution in [0.5, 0.6) is 0 Å². The molecule has 18 heavy (non-hydrogen) atoms. The maximum atomic E-state index is 11.5. The molecule has 0 atom stereocenters. The van der Waals surface area contributed by atoms with Gasteiger partial charge in [0.25, 0.3) is 5.24 Å². The van der Waals surface area contributed by atoms with Gasteiger partial charge in [0.1, 0.15) is 0 Å². The third kappa shape index (κ3) is 2.05. The van der Waals surface area contributed by atoms with Crippen LogP contribution in [0, 0.1) is 8.99 Å². The molecule has 1 aromatic rings. The first-order valence-electron chi connectivity index (χ1n) is 6.25. The number of hydrogen-bond acceptors (Lipinski definition) is 2. The van der Waals surface area contributed by atoms with E-state index in [9.17, 15) is 4.79 Å². The van der Waals surface area contributed by atoms with E-state index in [0.29, 0.717) is 17.0 Å². The monoisotopic (exact) mass is 375 g/mol. The molecule has 1 aromatic carbocycles. The molecule has 4 rings (SSSR count). The summed E-state index contributed by atoms with van der Waals surface area (Å²) < 4.78 is 1.15. The fourth-order valence-corrected chi connectivity index (χ4v) is 3.94. The second-order valence-electron chi connectivity index (χ2n) is 5.75. The molecule has 2 nitrogen and oxygen atoms in total. The Morgan fingerprint density at radius 1 is 1.50 bits per heavy atom. The second kappa shape index (κ2) is 4.37. The van der Waals surface area contributed by atoms with Gasteiger partial charge in [-0.2, -0.15) is 0 Å². The molecule has 2 aliphatic heterocycles. The van der Waals surface area contributed by atoms with Crippen LogP contribution < -0.4 is 4.90 Å². The summed E-state index contributed by atoms with van der Waals surface area (Å²) in [5, 5.41) is -0.353. The van der Waals surface area contributed by atoms with Crippen LogP contribution in [0.2, 0.25) is 0 Å². The van der Waals surface area contributed by atoms with E-state index in [2.05, 4.69) is 40.5 Å². The van der Waals surface area contributed by atoms with Crippen LogP contribution in [0.1, 0.15) is 36.5 Å². The molecule has 96 valence electrons. The number of carbonyl (C=O) groups excluding carboxylic acids is 1. The summed E-state index contributed by atoms with van der Waals surface area (Å²) in [6, 6.07) is 6.46. The first kappa shape index (κ1) is 12.7. The summed E-state index contributed by atoms with van der Waals surface area (Å²) in [6.07, 6.45) is 3.70. The number of hydrogen-bond donors (Lipinski definition) is 0. The molecular weight excluding hydrogens is 361 g/mol. The minimum absolute atomic E-state index is 0.353. The van der Waals surface area contributed by atoms with E-state index < -0.39 is 0 Å². The molecule has 0 N–H and O–H groups in total. The van der Waals surface area contributed by atoms with E-state index in [-0.39, 0.29) is 5.24 Å².